The lowest BCUT2D eigenvalue weighted by Crippen LogP contribution is -2.32. The van der Waals surface area contributed by atoms with E-state index >= 15 is 0 Å². The fourth-order valence-electron chi connectivity index (χ4n) is 3.64. The highest BCUT2D eigenvalue weighted by atomic mass is 32.2. The first kappa shape index (κ1) is 15.3. The van der Waals surface area contributed by atoms with E-state index in [1.165, 1.54) is 44.9 Å². The van der Waals surface area contributed by atoms with Gasteiger partial charge in [0.15, 0.2) is 5.16 Å². The second kappa shape index (κ2) is 6.67. The summed E-state index contributed by atoms with van der Waals surface area (Å²) in [6, 6.07) is 0. The average molecular weight is 310 g/mol. The van der Waals surface area contributed by atoms with Crippen molar-refractivity contribution in [1.82, 2.24) is 14.8 Å². The minimum absolute atomic E-state index is 0.213. The van der Waals surface area contributed by atoms with Gasteiger partial charge < -0.3 is 15.0 Å². The molecule has 0 aromatic carbocycles. The molecule has 1 aliphatic carbocycles. The third-order valence-electron chi connectivity index (χ3n) is 4.79. The van der Waals surface area contributed by atoms with Gasteiger partial charge >= 0.3 is 0 Å². The summed E-state index contributed by atoms with van der Waals surface area (Å²) in [4.78, 5) is 0. The largest absolute Gasteiger partial charge is 0.371 e. The maximum Gasteiger partial charge on any atom is 0.191 e. The molecule has 1 spiro atoms. The van der Waals surface area contributed by atoms with Crippen LogP contribution < -0.4 is 5.73 Å². The second-order valence-corrected chi connectivity index (χ2v) is 7.17. The number of hydrogen-bond donors (Lipinski definition) is 1. The van der Waals surface area contributed by atoms with Crippen molar-refractivity contribution >= 4 is 11.8 Å². The number of nitrogens with two attached hydrogens (primary N) is 1. The molecule has 2 N–H and O–H groups in total. The Bertz CT molecular complexity index is 470. The Morgan fingerprint density at radius 3 is 2.81 bits per heavy atom. The maximum absolute atomic E-state index is 6.42. The zero-order valence-electron chi connectivity index (χ0n) is 12.9. The summed E-state index contributed by atoms with van der Waals surface area (Å²) in [6.07, 6.45) is 9.38. The fraction of sp³-hybridized carbons (Fsp3) is 0.867. The molecule has 0 radical (unpaired) electrons. The van der Waals surface area contributed by atoms with Crippen molar-refractivity contribution in [1.29, 1.82) is 0 Å². The first-order valence-electron chi connectivity index (χ1n) is 8.19. The SMILES string of the molecule is CCn1c(CN)nnc1SCC1CCC2(CCCCC2)O1. The molecule has 1 saturated heterocycles. The number of rotatable bonds is 5. The van der Waals surface area contributed by atoms with Crippen LogP contribution in [0.4, 0.5) is 0 Å². The van der Waals surface area contributed by atoms with E-state index < -0.39 is 0 Å². The van der Waals surface area contributed by atoms with Gasteiger partial charge in [0.25, 0.3) is 0 Å². The van der Waals surface area contributed by atoms with Crippen LogP contribution in [0, 0.1) is 0 Å². The normalized spacial score (nSPS) is 24.8. The Kier molecular flexibility index (Phi) is 4.86. The molecule has 1 atom stereocenters. The Labute approximate surface area is 131 Å². The van der Waals surface area contributed by atoms with Gasteiger partial charge in [0.1, 0.15) is 5.82 Å². The van der Waals surface area contributed by atoms with Gasteiger partial charge in [0.2, 0.25) is 0 Å². The Morgan fingerprint density at radius 1 is 1.29 bits per heavy atom. The third kappa shape index (κ3) is 3.27. The molecule has 2 fully saturated rings. The molecule has 3 rings (SSSR count). The van der Waals surface area contributed by atoms with Gasteiger partial charge in [-0.25, -0.2) is 0 Å². The van der Waals surface area contributed by atoms with E-state index in [1.807, 2.05) is 0 Å². The molecular formula is C15H26N4OS. The van der Waals surface area contributed by atoms with Crippen LogP contribution in [-0.2, 0) is 17.8 Å². The quantitative estimate of drug-likeness (QED) is 0.847. The van der Waals surface area contributed by atoms with Crippen LogP contribution >= 0.6 is 11.8 Å². The monoisotopic (exact) mass is 310 g/mol. The van der Waals surface area contributed by atoms with E-state index in [0.29, 0.717) is 12.6 Å². The first-order valence-corrected chi connectivity index (χ1v) is 9.17. The van der Waals surface area contributed by atoms with Gasteiger partial charge in [-0.15, -0.1) is 10.2 Å². The average Bonchev–Trinajstić information content (AvgIpc) is 3.09. The van der Waals surface area contributed by atoms with E-state index in [1.54, 1.807) is 11.8 Å². The van der Waals surface area contributed by atoms with Gasteiger partial charge in [0.05, 0.1) is 18.2 Å². The first-order chi connectivity index (χ1) is 10.3. The van der Waals surface area contributed by atoms with Crippen LogP contribution in [0.1, 0.15) is 57.7 Å². The topological polar surface area (TPSA) is 66.0 Å². The van der Waals surface area contributed by atoms with Crippen molar-refractivity contribution < 1.29 is 4.74 Å². The summed E-state index contributed by atoms with van der Waals surface area (Å²) >= 11 is 1.76. The molecule has 0 bridgehead atoms. The molecule has 6 heteroatoms. The zero-order valence-corrected chi connectivity index (χ0v) is 13.7. The predicted octanol–water partition coefficient (Wildman–Crippen LogP) is 2.73. The van der Waals surface area contributed by atoms with Gasteiger partial charge in [-0.3, -0.25) is 0 Å². The van der Waals surface area contributed by atoms with Crippen molar-refractivity contribution in [3.05, 3.63) is 5.82 Å². The van der Waals surface area contributed by atoms with Crippen LogP contribution in [0.2, 0.25) is 0 Å². The minimum Gasteiger partial charge on any atom is -0.371 e. The van der Waals surface area contributed by atoms with Crippen molar-refractivity contribution in [3.8, 4) is 0 Å². The smallest absolute Gasteiger partial charge is 0.191 e. The number of hydrogen-bond acceptors (Lipinski definition) is 5. The predicted molar refractivity (Wildman–Crippen MR) is 84.2 cm³/mol. The lowest BCUT2D eigenvalue weighted by molar-refractivity contribution is -0.0555. The van der Waals surface area contributed by atoms with E-state index in [0.717, 1.165) is 23.3 Å². The maximum atomic E-state index is 6.42. The Morgan fingerprint density at radius 2 is 2.10 bits per heavy atom. The van der Waals surface area contributed by atoms with Gasteiger partial charge in [-0.1, -0.05) is 31.0 Å². The lowest BCUT2D eigenvalue weighted by Gasteiger charge is -2.33. The highest BCUT2D eigenvalue weighted by Crippen LogP contribution is 2.42. The number of aromatic nitrogens is 3. The van der Waals surface area contributed by atoms with Gasteiger partial charge in [-0.05, 0) is 32.6 Å². The fourth-order valence-corrected chi connectivity index (χ4v) is 4.70. The molecule has 0 amide bonds. The third-order valence-corrected chi connectivity index (χ3v) is 5.89. The summed E-state index contributed by atoms with van der Waals surface area (Å²) in [5.41, 5.74) is 5.91. The van der Waals surface area contributed by atoms with E-state index in [2.05, 4.69) is 21.7 Å². The molecule has 1 unspecified atom stereocenters. The van der Waals surface area contributed by atoms with E-state index in [4.69, 9.17) is 10.5 Å². The molecule has 2 aliphatic rings. The number of thioether (sulfide) groups is 1. The van der Waals surface area contributed by atoms with E-state index in [9.17, 15) is 0 Å². The van der Waals surface area contributed by atoms with E-state index in [-0.39, 0.29) is 5.60 Å². The van der Waals surface area contributed by atoms with Gasteiger partial charge in [-0.2, -0.15) is 0 Å². The molecule has 5 nitrogen and oxygen atoms in total. The van der Waals surface area contributed by atoms with Crippen molar-refractivity contribution in [2.24, 2.45) is 5.73 Å². The lowest BCUT2D eigenvalue weighted by atomic mass is 9.83. The molecule has 1 aliphatic heterocycles. The number of nitrogens with zero attached hydrogens (tertiary/aromatic N) is 3. The van der Waals surface area contributed by atoms with Crippen LogP contribution in [-0.4, -0.2) is 32.2 Å². The zero-order chi connectivity index (χ0) is 14.7. The number of ether oxygens (including phenoxy) is 1. The molecule has 2 heterocycles. The summed E-state index contributed by atoms with van der Waals surface area (Å²) in [5, 5.41) is 9.40. The van der Waals surface area contributed by atoms with Crippen LogP contribution in [0.5, 0.6) is 0 Å². The molecular weight excluding hydrogens is 284 g/mol. The standard InChI is InChI=1S/C15H26N4OS/c1-2-19-13(10-16)17-18-14(19)21-11-12-6-9-15(20-12)7-4-3-5-8-15/h12H,2-11,16H2,1H3. The highest BCUT2D eigenvalue weighted by molar-refractivity contribution is 7.99. The molecule has 1 saturated carbocycles. The molecule has 1 aromatic heterocycles. The Balaban J connectivity index is 1.55. The highest BCUT2D eigenvalue weighted by Gasteiger charge is 2.40. The van der Waals surface area contributed by atoms with Crippen LogP contribution in [0.3, 0.4) is 0 Å². The summed E-state index contributed by atoms with van der Waals surface area (Å²) in [5.74, 6) is 1.85. The van der Waals surface area contributed by atoms with Gasteiger partial charge in [0, 0.05) is 12.3 Å². The van der Waals surface area contributed by atoms with Crippen molar-refractivity contribution in [3.63, 3.8) is 0 Å². The minimum atomic E-state index is 0.213. The molecule has 21 heavy (non-hydrogen) atoms. The second-order valence-electron chi connectivity index (χ2n) is 6.18. The Hall–Kier alpha value is -0.590. The van der Waals surface area contributed by atoms with Crippen molar-refractivity contribution in [2.45, 2.75) is 81.8 Å². The van der Waals surface area contributed by atoms with Crippen LogP contribution in [0.25, 0.3) is 0 Å². The molecule has 118 valence electrons. The summed E-state index contributed by atoms with van der Waals surface area (Å²) in [6.45, 7) is 3.43. The summed E-state index contributed by atoms with van der Waals surface area (Å²) in [7, 11) is 0. The molecule has 1 aromatic rings. The summed E-state index contributed by atoms with van der Waals surface area (Å²) < 4.78 is 8.52. The van der Waals surface area contributed by atoms with Crippen LogP contribution in [0.15, 0.2) is 5.16 Å². The van der Waals surface area contributed by atoms with Crippen molar-refractivity contribution in [2.75, 3.05) is 5.75 Å².